The number of rotatable bonds is 1. The molecular weight excluding hydrogens is 198 g/mol. The van der Waals surface area contributed by atoms with E-state index in [1.807, 2.05) is 12.1 Å². The minimum Gasteiger partial charge on any atom is -0.496 e. The van der Waals surface area contributed by atoms with Crippen molar-refractivity contribution in [2.75, 3.05) is 19.0 Å². The first-order valence-corrected chi connectivity index (χ1v) is 5.72. The Morgan fingerprint density at radius 2 is 2.12 bits per heavy atom. The summed E-state index contributed by atoms with van der Waals surface area (Å²) in [7, 11) is 1.73. The van der Waals surface area contributed by atoms with E-state index in [9.17, 15) is 0 Å². The Bertz CT molecular complexity index is 533. The van der Waals surface area contributed by atoms with Crippen molar-refractivity contribution >= 4 is 16.5 Å². The van der Waals surface area contributed by atoms with Crippen LogP contribution in [0.1, 0.15) is 12.0 Å². The fourth-order valence-corrected chi connectivity index (χ4v) is 2.46. The first-order chi connectivity index (χ1) is 7.90. The highest BCUT2D eigenvalue weighted by Crippen LogP contribution is 2.36. The van der Waals surface area contributed by atoms with Gasteiger partial charge in [-0.3, -0.25) is 0 Å². The first-order valence-electron chi connectivity index (χ1n) is 5.72. The highest BCUT2D eigenvalue weighted by molar-refractivity contribution is 6.00. The van der Waals surface area contributed by atoms with Crippen LogP contribution in [0, 0.1) is 0 Å². The van der Waals surface area contributed by atoms with Gasteiger partial charge in [0.05, 0.1) is 7.11 Å². The number of anilines is 1. The second kappa shape index (κ2) is 3.71. The number of hydrogen-bond acceptors (Lipinski definition) is 2. The van der Waals surface area contributed by atoms with E-state index in [0.717, 1.165) is 18.7 Å². The summed E-state index contributed by atoms with van der Waals surface area (Å²) in [6.07, 6.45) is 2.38. The van der Waals surface area contributed by atoms with Crippen LogP contribution in [0.5, 0.6) is 5.75 Å². The van der Waals surface area contributed by atoms with Crippen LogP contribution >= 0.6 is 0 Å². The molecule has 0 bridgehead atoms. The Hall–Kier alpha value is -1.70. The second-order valence-electron chi connectivity index (χ2n) is 4.19. The Balaban J connectivity index is 2.36. The van der Waals surface area contributed by atoms with Gasteiger partial charge in [-0.1, -0.05) is 24.3 Å². The number of fused-ring (bicyclic) bond motifs is 3. The predicted molar refractivity (Wildman–Crippen MR) is 67.3 cm³/mol. The molecule has 1 aliphatic rings. The SMILES string of the molecule is COc1cccc2ccc3c(c12)NCCC3. The minimum atomic E-state index is 0.962. The zero-order valence-corrected chi connectivity index (χ0v) is 9.42. The lowest BCUT2D eigenvalue weighted by atomic mass is 9.97. The summed E-state index contributed by atoms with van der Waals surface area (Å²) in [6.45, 7) is 1.06. The fourth-order valence-electron chi connectivity index (χ4n) is 2.46. The van der Waals surface area contributed by atoms with Crippen molar-refractivity contribution in [2.45, 2.75) is 12.8 Å². The van der Waals surface area contributed by atoms with Gasteiger partial charge in [-0.25, -0.2) is 0 Å². The highest BCUT2D eigenvalue weighted by atomic mass is 16.5. The molecule has 0 radical (unpaired) electrons. The molecule has 2 aromatic rings. The fraction of sp³-hybridized carbons (Fsp3) is 0.286. The molecule has 3 rings (SSSR count). The molecule has 0 aromatic heterocycles. The van der Waals surface area contributed by atoms with Crippen molar-refractivity contribution in [1.82, 2.24) is 0 Å². The molecule has 1 N–H and O–H groups in total. The maximum atomic E-state index is 5.45. The van der Waals surface area contributed by atoms with E-state index in [-0.39, 0.29) is 0 Å². The van der Waals surface area contributed by atoms with Gasteiger partial charge in [0.15, 0.2) is 0 Å². The van der Waals surface area contributed by atoms with E-state index < -0.39 is 0 Å². The lowest BCUT2D eigenvalue weighted by Gasteiger charge is -2.21. The van der Waals surface area contributed by atoms with Crippen LogP contribution in [-0.2, 0) is 6.42 Å². The minimum absolute atomic E-state index is 0.962. The Labute approximate surface area is 95.2 Å². The van der Waals surface area contributed by atoms with Crippen molar-refractivity contribution in [1.29, 1.82) is 0 Å². The largest absolute Gasteiger partial charge is 0.496 e. The molecule has 1 aliphatic heterocycles. The highest BCUT2D eigenvalue weighted by Gasteiger charge is 2.14. The van der Waals surface area contributed by atoms with E-state index in [1.54, 1.807) is 7.11 Å². The lowest BCUT2D eigenvalue weighted by molar-refractivity contribution is 0.420. The molecule has 2 heteroatoms. The van der Waals surface area contributed by atoms with Crippen molar-refractivity contribution in [3.8, 4) is 5.75 Å². The Morgan fingerprint density at radius 3 is 3.00 bits per heavy atom. The zero-order valence-electron chi connectivity index (χ0n) is 9.42. The molecule has 0 atom stereocenters. The molecule has 0 aliphatic carbocycles. The van der Waals surface area contributed by atoms with Crippen LogP contribution < -0.4 is 10.1 Å². The van der Waals surface area contributed by atoms with Gasteiger partial charge >= 0.3 is 0 Å². The van der Waals surface area contributed by atoms with E-state index in [0.29, 0.717) is 0 Å². The second-order valence-corrected chi connectivity index (χ2v) is 4.19. The van der Waals surface area contributed by atoms with Gasteiger partial charge in [0, 0.05) is 17.6 Å². The van der Waals surface area contributed by atoms with E-state index in [4.69, 9.17) is 4.74 Å². The maximum absolute atomic E-state index is 5.45. The maximum Gasteiger partial charge on any atom is 0.128 e. The van der Waals surface area contributed by atoms with Crippen LogP contribution in [0.3, 0.4) is 0 Å². The van der Waals surface area contributed by atoms with Crippen molar-refractivity contribution in [3.63, 3.8) is 0 Å². The standard InChI is InChI=1S/C14H15NO/c1-16-12-6-2-4-10-7-8-11-5-3-9-15-14(11)13(10)12/h2,4,6-8,15H,3,5,9H2,1H3. The average molecular weight is 213 g/mol. The third-order valence-electron chi connectivity index (χ3n) is 3.24. The van der Waals surface area contributed by atoms with E-state index >= 15 is 0 Å². The van der Waals surface area contributed by atoms with E-state index in [2.05, 4.69) is 23.5 Å². The summed E-state index contributed by atoms with van der Waals surface area (Å²) in [6, 6.07) is 10.6. The van der Waals surface area contributed by atoms with Crippen LogP contribution in [-0.4, -0.2) is 13.7 Å². The molecule has 16 heavy (non-hydrogen) atoms. The van der Waals surface area contributed by atoms with Crippen LogP contribution in [0.25, 0.3) is 10.8 Å². The van der Waals surface area contributed by atoms with Crippen LogP contribution in [0.2, 0.25) is 0 Å². The Morgan fingerprint density at radius 1 is 1.19 bits per heavy atom. The molecule has 0 saturated carbocycles. The summed E-state index contributed by atoms with van der Waals surface area (Å²) in [5.41, 5.74) is 2.67. The molecule has 0 saturated heterocycles. The number of methoxy groups -OCH3 is 1. The number of aryl methyl sites for hydroxylation is 1. The summed E-state index contributed by atoms with van der Waals surface area (Å²) in [5, 5.41) is 5.97. The summed E-state index contributed by atoms with van der Waals surface area (Å²) in [4.78, 5) is 0. The average Bonchev–Trinajstić information content (AvgIpc) is 2.37. The number of hydrogen-bond donors (Lipinski definition) is 1. The molecule has 0 unspecified atom stereocenters. The number of ether oxygens (including phenoxy) is 1. The van der Waals surface area contributed by atoms with Gasteiger partial charge in [0.1, 0.15) is 5.75 Å². The first kappa shape index (κ1) is 9.52. The molecule has 0 fully saturated rings. The van der Waals surface area contributed by atoms with Gasteiger partial charge in [-0.15, -0.1) is 0 Å². The van der Waals surface area contributed by atoms with Crippen molar-refractivity contribution in [3.05, 3.63) is 35.9 Å². The quantitative estimate of drug-likeness (QED) is 0.785. The van der Waals surface area contributed by atoms with Gasteiger partial charge in [-0.2, -0.15) is 0 Å². The molecule has 0 spiro atoms. The number of benzene rings is 2. The third-order valence-corrected chi connectivity index (χ3v) is 3.24. The monoisotopic (exact) mass is 213 g/mol. The van der Waals surface area contributed by atoms with Crippen LogP contribution in [0.15, 0.2) is 30.3 Å². The number of nitrogens with one attached hydrogen (secondary N) is 1. The molecule has 82 valence electrons. The molecule has 0 amide bonds. The van der Waals surface area contributed by atoms with Gasteiger partial charge in [0.2, 0.25) is 0 Å². The van der Waals surface area contributed by atoms with Crippen molar-refractivity contribution < 1.29 is 4.74 Å². The summed E-state index contributed by atoms with van der Waals surface area (Å²) >= 11 is 0. The topological polar surface area (TPSA) is 21.3 Å². The zero-order chi connectivity index (χ0) is 11.0. The van der Waals surface area contributed by atoms with Gasteiger partial charge < -0.3 is 10.1 Å². The Kier molecular flexibility index (Phi) is 2.21. The van der Waals surface area contributed by atoms with Gasteiger partial charge in [0.25, 0.3) is 0 Å². The van der Waals surface area contributed by atoms with E-state index in [1.165, 1.54) is 28.4 Å². The summed E-state index contributed by atoms with van der Waals surface area (Å²) < 4.78 is 5.45. The third kappa shape index (κ3) is 1.33. The normalized spacial score (nSPS) is 14.3. The van der Waals surface area contributed by atoms with Gasteiger partial charge in [-0.05, 0) is 29.9 Å². The van der Waals surface area contributed by atoms with Crippen LogP contribution in [0.4, 0.5) is 5.69 Å². The molecular formula is C14H15NO. The molecule has 1 heterocycles. The summed E-state index contributed by atoms with van der Waals surface area (Å²) in [5.74, 6) is 0.962. The van der Waals surface area contributed by atoms with Crippen molar-refractivity contribution in [2.24, 2.45) is 0 Å². The predicted octanol–water partition coefficient (Wildman–Crippen LogP) is 3.21. The molecule has 2 aromatic carbocycles. The molecule has 2 nitrogen and oxygen atoms in total. The smallest absolute Gasteiger partial charge is 0.128 e. The lowest BCUT2D eigenvalue weighted by Crippen LogP contribution is -2.12.